The lowest BCUT2D eigenvalue weighted by molar-refractivity contribution is -0.123. The molecule has 1 aliphatic rings. The molecule has 23 heavy (non-hydrogen) atoms. The molecule has 1 aromatic carbocycles. The lowest BCUT2D eigenvalue weighted by Gasteiger charge is -2.12. The number of amides is 1. The van der Waals surface area contributed by atoms with Crippen molar-refractivity contribution in [2.75, 3.05) is 26.9 Å². The van der Waals surface area contributed by atoms with Crippen LogP contribution in [-0.2, 0) is 9.53 Å². The van der Waals surface area contributed by atoms with Gasteiger partial charge in [-0.2, -0.15) is 0 Å². The van der Waals surface area contributed by atoms with Crippen molar-refractivity contribution in [3.8, 4) is 11.5 Å². The van der Waals surface area contributed by atoms with Gasteiger partial charge in [-0.3, -0.25) is 9.59 Å². The van der Waals surface area contributed by atoms with Crippen LogP contribution in [0.4, 0.5) is 0 Å². The molecule has 0 radical (unpaired) electrons. The molecule has 0 aromatic heterocycles. The molecule has 1 aliphatic heterocycles. The van der Waals surface area contributed by atoms with Crippen LogP contribution in [0.15, 0.2) is 18.2 Å². The summed E-state index contributed by atoms with van der Waals surface area (Å²) in [7, 11) is 1.49. The van der Waals surface area contributed by atoms with Gasteiger partial charge in [0.2, 0.25) is 0 Å². The normalized spacial score (nSPS) is 16.9. The second-order valence-electron chi connectivity index (χ2n) is 5.48. The van der Waals surface area contributed by atoms with Gasteiger partial charge in [-0.15, -0.1) is 0 Å². The first-order valence-electron chi connectivity index (χ1n) is 7.80. The Morgan fingerprint density at radius 1 is 1.35 bits per heavy atom. The van der Waals surface area contributed by atoms with E-state index in [-0.39, 0.29) is 24.4 Å². The zero-order chi connectivity index (χ0) is 16.7. The third kappa shape index (κ3) is 5.25. The molecule has 0 saturated carbocycles. The third-order valence-electron chi connectivity index (χ3n) is 3.74. The topological polar surface area (TPSA) is 73.9 Å². The Hall–Kier alpha value is -2.08. The van der Waals surface area contributed by atoms with Crippen molar-refractivity contribution in [2.45, 2.75) is 32.3 Å². The molecule has 1 aromatic rings. The van der Waals surface area contributed by atoms with Gasteiger partial charge in [-0.05, 0) is 44.4 Å². The highest BCUT2D eigenvalue weighted by molar-refractivity contribution is 5.94. The molecule has 126 valence electrons. The standard InChI is InChI=1S/C17H23NO5/c1-12(19)13-5-6-15(16(10-13)21-2)23-11-17(20)18-8-7-14-4-3-9-22-14/h5-6,10,14H,3-4,7-9,11H2,1-2H3,(H,18,20)/t14-/m1/s1. The molecule has 1 saturated heterocycles. The second kappa shape index (κ2) is 8.53. The monoisotopic (exact) mass is 321 g/mol. The number of carbonyl (C=O) groups is 2. The van der Waals surface area contributed by atoms with Gasteiger partial charge in [0.05, 0.1) is 13.2 Å². The van der Waals surface area contributed by atoms with Crippen LogP contribution in [0.5, 0.6) is 11.5 Å². The third-order valence-corrected chi connectivity index (χ3v) is 3.74. The SMILES string of the molecule is COc1cc(C(C)=O)ccc1OCC(=O)NCC[C@H]1CCCO1. The summed E-state index contributed by atoms with van der Waals surface area (Å²) in [5, 5.41) is 2.81. The van der Waals surface area contributed by atoms with Crippen LogP contribution in [0.3, 0.4) is 0 Å². The van der Waals surface area contributed by atoms with Crippen molar-refractivity contribution in [3.63, 3.8) is 0 Å². The molecule has 6 nitrogen and oxygen atoms in total. The van der Waals surface area contributed by atoms with E-state index in [0.29, 0.717) is 23.6 Å². The average molecular weight is 321 g/mol. The minimum absolute atomic E-state index is 0.0540. The van der Waals surface area contributed by atoms with Gasteiger partial charge in [-0.25, -0.2) is 0 Å². The number of methoxy groups -OCH3 is 1. The van der Waals surface area contributed by atoms with E-state index >= 15 is 0 Å². The van der Waals surface area contributed by atoms with Crippen molar-refractivity contribution in [2.24, 2.45) is 0 Å². The molecule has 1 N–H and O–H groups in total. The number of carbonyl (C=O) groups excluding carboxylic acids is 2. The highest BCUT2D eigenvalue weighted by atomic mass is 16.5. The van der Waals surface area contributed by atoms with Crippen LogP contribution in [0.1, 0.15) is 36.5 Å². The molecule has 0 bridgehead atoms. The van der Waals surface area contributed by atoms with Gasteiger partial charge < -0.3 is 19.5 Å². The van der Waals surface area contributed by atoms with E-state index in [1.165, 1.54) is 14.0 Å². The highest BCUT2D eigenvalue weighted by Gasteiger charge is 2.15. The number of ketones is 1. The Bertz CT molecular complexity index is 552. The minimum atomic E-state index is -0.194. The Labute approximate surface area is 136 Å². The van der Waals surface area contributed by atoms with Crippen molar-refractivity contribution in [1.82, 2.24) is 5.32 Å². The smallest absolute Gasteiger partial charge is 0.257 e. The first-order valence-corrected chi connectivity index (χ1v) is 7.80. The predicted molar refractivity (Wildman–Crippen MR) is 85.1 cm³/mol. The molecule has 2 rings (SSSR count). The molecule has 1 fully saturated rings. The van der Waals surface area contributed by atoms with Gasteiger partial charge in [0.1, 0.15) is 0 Å². The highest BCUT2D eigenvalue weighted by Crippen LogP contribution is 2.28. The van der Waals surface area contributed by atoms with Gasteiger partial charge >= 0.3 is 0 Å². The molecule has 1 amide bonds. The van der Waals surface area contributed by atoms with Gasteiger partial charge in [-0.1, -0.05) is 0 Å². The minimum Gasteiger partial charge on any atom is -0.493 e. The maximum absolute atomic E-state index is 11.8. The van der Waals surface area contributed by atoms with E-state index in [9.17, 15) is 9.59 Å². The fraction of sp³-hybridized carbons (Fsp3) is 0.529. The Balaban J connectivity index is 1.77. The van der Waals surface area contributed by atoms with E-state index in [1.807, 2.05) is 0 Å². The summed E-state index contributed by atoms with van der Waals surface area (Å²) in [6.07, 6.45) is 3.24. The fourth-order valence-corrected chi connectivity index (χ4v) is 2.44. The second-order valence-corrected chi connectivity index (χ2v) is 5.48. The van der Waals surface area contributed by atoms with Crippen LogP contribution < -0.4 is 14.8 Å². The summed E-state index contributed by atoms with van der Waals surface area (Å²) in [6, 6.07) is 4.89. The average Bonchev–Trinajstić information content (AvgIpc) is 3.06. The van der Waals surface area contributed by atoms with Gasteiger partial charge in [0.25, 0.3) is 5.91 Å². The molecule has 1 heterocycles. The Kier molecular flexibility index (Phi) is 6.40. The molecule has 0 spiro atoms. The lowest BCUT2D eigenvalue weighted by atomic mass is 10.1. The molecule has 0 aliphatic carbocycles. The maximum atomic E-state index is 11.8. The quantitative estimate of drug-likeness (QED) is 0.741. The zero-order valence-corrected chi connectivity index (χ0v) is 13.6. The van der Waals surface area contributed by atoms with Crippen molar-refractivity contribution in [3.05, 3.63) is 23.8 Å². The molecule has 1 atom stereocenters. The molecular formula is C17H23NO5. The largest absolute Gasteiger partial charge is 0.493 e. The number of nitrogens with one attached hydrogen (secondary N) is 1. The summed E-state index contributed by atoms with van der Waals surface area (Å²) in [5.41, 5.74) is 0.537. The Morgan fingerprint density at radius 2 is 2.17 bits per heavy atom. The Morgan fingerprint density at radius 3 is 2.83 bits per heavy atom. The number of rotatable bonds is 8. The lowest BCUT2D eigenvalue weighted by Crippen LogP contribution is -2.31. The van der Waals surface area contributed by atoms with Gasteiger partial charge in [0, 0.05) is 18.7 Å². The number of benzene rings is 1. The van der Waals surface area contributed by atoms with Crippen molar-refractivity contribution in [1.29, 1.82) is 0 Å². The van der Waals surface area contributed by atoms with E-state index in [1.54, 1.807) is 18.2 Å². The van der Waals surface area contributed by atoms with Crippen LogP contribution in [0.25, 0.3) is 0 Å². The van der Waals surface area contributed by atoms with Crippen LogP contribution in [0.2, 0.25) is 0 Å². The van der Waals surface area contributed by atoms with E-state index < -0.39 is 0 Å². The van der Waals surface area contributed by atoms with E-state index in [4.69, 9.17) is 14.2 Å². The van der Waals surface area contributed by atoms with Gasteiger partial charge in [0.15, 0.2) is 23.9 Å². The maximum Gasteiger partial charge on any atom is 0.257 e. The summed E-state index contributed by atoms with van der Waals surface area (Å²) < 4.78 is 16.2. The van der Waals surface area contributed by atoms with Crippen molar-refractivity contribution >= 4 is 11.7 Å². The summed E-state index contributed by atoms with van der Waals surface area (Å²) >= 11 is 0. The summed E-state index contributed by atoms with van der Waals surface area (Å²) in [6.45, 7) is 2.78. The van der Waals surface area contributed by atoms with Crippen LogP contribution in [0, 0.1) is 0 Å². The number of Topliss-reactive ketones (excluding diaryl/α,β-unsaturated/α-hetero) is 1. The van der Waals surface area contributed by atoms with Crippen molar-refractivity contribution < 1.29 is 23.8 Å². The predicted octanol–water partition coefficient (Wildman–Crippen LogP) is 1.96. The van der Waals surface area contributed by atoms with Crippen LogP contribution in [-0.4, -0.2) is 44.7 Å². The van der Waals surface area contributed by atoms with E-state index in [0.717, 1.165) is 25.9 Å². The summed E-state index contributed by atoms with van der Waals surface area (Å²) in [4.78, 5) is 23.1. The molecule has 6 heteroatoms. The molecule has 0 unspecified atom stereocenters. The zero-order valence-electron chi connectivity index (χ0n) is 13.6. The first-order chi connectivity index (χ1) is 11.1. The summed E-state index contributed by atoms with van der Waals surface area (Å²) in [5.74, 6) is 0.624. The number of ether oxygens (including phenoxy) is 3. The first kappa shape index (κ1) is 17.3. The molecular weight excluding hydrogens is 298 g/mol. The fourth-order valence-electron chi connectivity index (χ4n) is 2.44. The number of hydrogen-bond acceptors (Lipinski definition) is 5. The van der Waals surface area contributed by atoms with E-state index in [2.05, 4.69) is 5.32 Å². The van der Waals surface area contributed by atoms with Crippen LogP contribution >= 0.6 is 0 Å². The number of hydrogen-bond donors (Lipinski definition) is 1.